The lowest BCUT2D eigenvalue weighted by molar-refractivity contribution is 0.214. The molecular formula is C9H14BrNO3S2. The normalized spacial score (nSPS) is 14.4. The van der Waals surface area contributed by atoms with E-state index in [2.05, 4.69) is 15.9 Å². The Hall–Kier alpha value is 0.0500. The largest absolute Gasteiger partial charge is 0.395 e. The lowest BCUT2D eigenvalue weighted by Gasteiger charge is -2.22. The van der Waals surface area contributed by atoms with Gasteiger partial charge in [0.05, 0.1) is 15.3 Å². The summed E-state index contributed by atoms with van der Waals surface area (Å²) in [5.41, 5.74) is 0. The molecule has 7 heteroatoms. The van der Waals surface area contributed by atoms with E-state index < -0.39 is 16.1 Å². The van der Waals surface area contributed by atoms with Crippen LogP contribution in [-0.4, -0.2) is 37.5 Å². The number of halogens is 1. The Kier molecular flexibility index (Phi) is 4.53. The van der Waals surface area contributed by atoms with E-state index in [9.17, 15) is 8.42 Å². The average Bonchev–Trinajstić information content (AvgIpc) is 2.56. The highest BCUT2D eigenvalue weighted by Gasteiger charge is 2.27. The van der Waals surface area contributed by atoms with Gasteiger partial charge in [-0.25, -0.2) is 8.42 Å². The summed E-state index contributed by atoms with van der Waals surface area (Å²) in [5, 5.41) is 8.98. The predicted octanol–water partition coefficient (Wildman–Crippen LogP) is 1.82. The molecule has 1 rings (SSSR count). The molecular weight excluding hydrogens is 314 g/mol. The summed E-state index contributed by atoms with van der Waals surface area (Å²) >= 11 is 4.65. The van der Waals surface area contributed by atoms with Crippen LogP contribution in [0, 0.1) is 6.92 Å². The number of hydrogen-bond acceptors (Lipinski definition) is 4. The van der Waals surface area contributed by atoms with Crippen molar-refractivity contribution >= 4 is 37.3 Å². The molecule has 1 unspecified atom stereocenters. The van der Waals surface area contributed by atoms with Crippen molar-refractivity contribution in [1.82, 2.24) is 4.31 Å². The van der Waals surface area contributed by atoms with Gasteiger partial charge in [-0.15, -0.1) is 11.3 Å². The number of aliphatic hydroxyl groups is 1. The third kappa shape index (κ3) is 2.65. The Morgan fingerprint density at radius 2 is 2.19 bits per heavy atom. The van der Waals surface area contributed by atoms with Crippen molar-refractivity contribution in [2.24, 2.45) is 0 Å². The minimum Gasteiger partial charge on any atom is -0.395 e. The van der Waals surface area contributed by atoms with Gasteiger partial charge >= 0.3 is 0 Å². The van der Waals surface area contributed by atoms with Gasteiger partial charge in [-0.3, -0.25) is 0 Å². The third-order valence-corrected chi connectivity index (χ3v) is 6.16. The standard InChI is InChI=1S/C9H14BrNO3S2/c1-6(5-12)11(3)16(13,14)8-4-9(10)15-7(8)2/h4,6,12H,5H2,1-3H3. The summed E-state index contributed by atoms with van der Waals surface area (Å²) in [4.78, 5) is 1.04. The molecule has 0 aliphatic carbocycles. The highest BCUT2D eigenvalue weighted by Crippen LogP contribution is 2.31. The van der Waals surface area contributed by atoms with Gasteiger partial charge in [0.2, 0.25) is 10.0 Å². The van der Waals surface area contributed by atoms with E-state index in [0.717, 1.165) is 8.66 Å². The van der Waals surface area contributed by atoms with E-state index in [4.69, 9.17) is 5.11 Å². The van der Waals surface area contributed by atoms with Crippen LogP contribution in [0.15, 0.2) is 14.7 Å². The first-order valence-electron chi connectivity index (χ1n) is 4.65. The van der Waals surface area contributed by atoms with Gasteiger partial charge in [0, 0.05) is 18.0 Å². The first-order chi connectivity index (χ1) is 7.30. The van der Waals surface area contributed by atoms with Crippen LogP contribution in [0.25, 0.3) is 0 Å². The lowest BCUT2D eigenvalue weighted by Crippen LogP contribution is -2.37. The number of aryl methyl sites for hydroxylation is 1. The number of aliphatic hydroxyl groups excluding tert-OH is 1. The molecule has 0 aromatic carbocycles. The minimum atomic E-state index is -3.51. The zero-order valence-corrected chi connectivity index (χ0v) is 12.5. The number of thiophene rings is 1. The Labute approximate surface area is 108 Å². The second-order valence-electron chi connectivity index (χ2n) is 3.52. The molecule has 0 saturated heterocycles. The van der Waals surface area contributed by atoms with E-state index >= 15 is 0 Å². The summed E-state index contributed by atoms with van der Waals surface area (Å²) in [6, 6.07) is 1.17. The molecule has 1 N–H and O–H groups in total. The molecule has 1 aromatic rings. The second-order valence-corrected chi connectivity index (χ2v) is 8.13. The van der Waals surface area contributed by atoms with Gasteiger partial charge in [0.15, 0.2) is 0 Å². The third-order valence-electron chi connectivity index (χ3n) is 2.38. The van der Waals surface area contributed by atoms with E-state index in [1.165, 1.54) is 22.7 Å². The first-order valence-corrected chi connectivity index (χ1v) is 7.70. The van der Waals surface area contributed by atoms with Crippen LogP contribution in [0.2, 0.25) is 0 Å². The highest BCUT2D eigenvalue weighted by molar-refractivity contribution is 9.11. The van der Waals surface area contributed by atoms with Crippen molar-refractivity contribution in [1.29, 1.82) is 0 Å². The highest BCUT2D eigenvalue weighted by atomic mass is 79.9. The van der Waals surface area contributed by atoms with Crippen LogP contribution in [0.4, 0.5) is 0 Å². The second kappa shape index (κ2) is 5.14. The van der Waals surface area contributed by atoms with Crippen molar-refractivity contribution in [3.63, 3.8) is 0 Å². The lowest BCUT2D eigenvalue weighted by atomic mass is 10.4. The summed E-state index contributed by atoms with van der Waals surface area (Å²) in [6.07, 6.45) is 0. The molecule has 0 saturated carbocycles. The molecule has 0 amide bonds. The fraction of sp³-hybridized carbons (Fsp3) is 0.556. The molecule has 16 heavy (non-hydrogen) atoms. The van der Waals surface area contributed by atoms with Crippen molar-refractivity contribution in [2.45, 2.75) is 24.8 Å². The summed E-state index contributed by atoms with van der Waals surface area (Å²) in [6.45, 7) is 3.23. The maximum Gasteiger partial charge on any atom is 0.244 e. The summed E-state index contributed by atoms with van der Waals surface area (Å²) < 4.78 is 26.3. The molecule has 1 aromatic heterocycles. The molecule has 1 atom stereocenters. The van der Waals surface area contributed by atoms with Crippen LogP contribution in [0.3, 0.4) is 0 Å². The van der Waals surface area contributed by atoms with E-state index in [1.807, 2.05) is 0 Å². The van der Waals surface area contributed by atoms with Gasteiger partial charge in [-0.2, -0.15) is 4.31 Å². The maximum absolute atomic E-state index is 12.2. The smallest absolute Gasteiger partial charge is 0.244 e. The molecule has 1 heterocycles. The van der Waals surface area contributed by atoms with E-state index in [-0.39, 0.29) is 6.61 Å². The zero-order chi connectivity index (χ0) is 12.5. The van der Waals surface area contributed by atoms with Crippen molar-refractivity contribution < 1.29 is 13.5 Å². The fourth-order valence-electron chi connectivity index (χ4n) is 1.19. The summed E-state index contributed by atoms with van der Waals surface area (Å²) in [5.74, 6) is 0. The molecule has 0 radical (unpaired) electrons. The number of rotatable bonds is 4. The molecule has 0 fully saturated rings. The topological polar surface area (TPSA) is 57.6 Å². The molecule has 0 spiro atoms. The molecule has 92 valence electrons. The fourth-order valence-corrected chi connectivity index (χ4v) is 4.93. The zero-order valence-electron chi connectivity index (χ0n) is 9.27. The van der Waals surface area contributed by atoms with E-state index in [0.29, 0.717) is 4.90 Å². The Morgan fingerprint density at radius 1 is 1.62 bits per heavy atom. The monoisotopic (exact) mass is 327 g/mol. The van der Waals surface area contributed by atoms with Gasteiger partial charge in [-0.1, -0.05) is 0 Å². The van der Waals surface area contributed by atoms with Crippen molar-refractivity contribution in [3.8, 4) is 0 Å². The minimum absolute atomic E-state index is 0.194. The number of likely N-dealkylation sites (N-methyl/N-ethyl adjacent to an activating group) is 1. The Morgan fingerprint density at radius 3 is 2.56 bits per heavy atom. The van der Waals surface area contributed by atoms with Gasteiger partial charge in [0.25, 0.3) is 0 Å². The average molecular weight is 328 g/mol. The van der Waals surface area contributed by atoms with Crippen LogP contribution < -0.4 is 0 Å². The molecule has 0 bridgehead atoms. The molecule has 0 aliphatic rings. The maximum atomic E-state index is 12.2. The number of sulfonamides is 1. The molecule has 4 nitrogen and oxygen atoms in total. The van der Waals surface area contributed by atoms with Crippen LogP contribution in [-0.2, 0) is 10.0 Å². The predicted molar refractivity (Wildman–Crippen MR) is 68.3 cm³/mol. The van der Waals surface area contributed by atoms with Gasteiger partial charge < -0.3 is 5.11 Å². The van der Waals surface area contributed by atoms with Crippen molar-refractivity contribution in [3.05, 3.63) is 14.7 Å². The van der Waals surface area contributed by atoms with Gasteiger partial charge in [0.1, 0.15) is 0 Å². The van der Waals surface area contributed by atoms with E-state index in [1.54, 1.807) is 19.9 Å². The van der Waals surface area contributed by atoms with Crippen LogP contribution in [0.1, 0.15) is 11.8 Å². The Bertz CT molecular complexity index is 469. The first kappa shape index (κ1) is 14.1. The van der Waals surface area contributed by atoms with Gasteiger partial charge in [-0.05, 0) is 35.8 Å². The van der Waals surface area contributed by atoms with Crippen molar-refractivity contribution in [2.75, 3.05) is 13.7 Å². The Balaban J connectivity index is 3.17. The van der Waals surface area contributed by atoms with Crippen LogP contribution in [0.5, 0.6) is 0 Å². The quantitative estimate of drug-likeness (QED) is 0.917. The van der Waals surface area contributed by atoms with Crippen LogP contribution >= 0.6 is 27.3 Å². The number of hydrogen-bond donors (Lipinski definition) is 1. The SMILES string of the molecule is Cc1sc(Br)cc1S(=O)(=O)N(C)C(C)CO. The number of nitrogens with zero attached hydrogens (tertiary/aromatic N) is 1. The summed E-state index contributed by atoms with van der Waals surface area (Å²) in [7, 11) is -2.03. The molecule has 0 aliphatic heterocycles.